The van der Waals surface area contributed by atoms with Gasteiger partial charge in [-0.3, -0.25) is 0 Å². The van der Waals surface area contributed by atoms with E-state index in [9.17, 15) is 9.59 Å². The summed E-state index contributed by atoms with van der Waals surface area (Å²) >= 11 is 1.51. The lowest BCUT2D eigenvalue weighted by Crippen LogP contribution is -2.65. The van der Waals surface area contributed by atoms with Crippen molar-refractivity contribution in [1.29, 1.82) is 0 Å². The Kier molecular flexibility index (Phi) is 4.24. The van der Waals surface area contributed by atoms with Crippen molar-refractivity contribution in [3.8, 4) is 0 Å². The number of aromatic nitrogens is 1. The number of carboxylic acid groups (broad SMARTS) is 1. The van der Waals surface area contributed by atoms with Gasteiger partial charge in [0, 0.05) is 4.88 Å². The van der Waals surface area contributed by atoms with Gasteiger partial charge in [0.05, 0.1) is 30.8 Å². The van der Waals surface area contributed by atoms with Crippen LogP contribution in [0.5, 0.6) is 0 Å². The minimum absolute atomic E-state index is 0.172. The van der Waals surface area contributed by atoms with Gasteiger partial charge in [0.1, 0.15) is 12.2 Å². The fraction of sp³-hybridized carbons (Fsp3) is 0.583. The van der Waals surface area contributed by atoms with Gasteiger partial charge in [-0.2, -0.15) is 0 Å². The molecule has 7 nitrogen and oxygen atoms in total. The molecule has 0 aliphatic carbocycles. The highest BCUT2D eigenvalue weighted by Crippen LogP contribution is 2.24. The lowest BCUT2D eigenvalue weighted by Gasteiger charge is -2.46. The van der Waals surface area contributed by atoms with Crippen LogP contribution in [-0.2, 0) is 16.1 Å². The molecule has 2 heterocycles. The summed E-state index contributed by atoms with van der Waals surface area (Å²) in [6.07, 6.45) is 0. The summed E-state index contributed by atoms with van der Waals surface area (Å²) in [6, 6.07) is -0.172. The van der Waals surface area contributed by atoms with E-state index in [-0.39, 0.29) is 12.6 Å². The third-order valence-electron chi connectivity index (χ3n) is 3.13. The molecule has 1 aromatic heterocycles. The molecule has 0 saturated carbocycles. The maximum Gasteiger partial charge on any atom is 0.329 e. The molecule has 0 aromatic carbocycles. The van der Waals surface area contributed by atoms with E-state index in [0.29, 0.717) is 19.6 Å². The van der Waals surface area contributed by atoms with E-state index in [1.165, 1.54) is 11.3 Å². The maximum atomic E-state index is 11.9. The van der Waals surface area contributed by atoms with Crippen molar-refractivity contribution in [3.63, 3.8) is 0 Å². The van der Waals surface area contributed by atoms with Gasteiger partial charge in [0.15, 0.2) is 0 Å². The number of hydrogen-bond donors (Lipinski definition) is 2. The van der Waals surface area contributed by atoms with Crippen molar-refractivity contribution in [3.05, 3.63) is 16.1 Å². The fourth-order valence-corrected chi connectivity index (χ4v) is 2.71. The standard InChI is InChI=1S/C12H17N3O4S/c1-8-9(20-7-14-8)3-13-11(18)15-5-12(2,6-15)19-4-10(16)17/h7H,3-6H2,1-2H3,(H,13,18)(H,16,17). The van der Waals surface area contributed by atoms with Crippen LogP contribution in [0.1, 0.15) is 17.5 Å². The first-order chi connectivity index (χ1) is 9.39. The highest BCUT2D eigenvalue weighted by molar-refractivity contribution is 7.09. The molecular formula is C12H17N3O4S. The Balaban J connectivity index is 1.73. The molecule has 0 unspecified atom stereocenters. The fourth-order valence-electron chi connectivity index (χ4n) is 2.00. The molecule has 2 amide bonds. The quantitative estimate of drug-likeness (QED) is 0.840. The van der Waals surface area contributed by atoms with E-state index >= 15 is 0 Å². The van der Waals surface area contributed by atoms with Crippen molar-refractivity contribution in [1.82, 2.24) is 15.2 Å². The Hall–Kier alpha value is -1.67. The van der Waals surface area contributed by atoms with E-state index in [4.69, 9.17) is 9.84 Å². The molecule has 2 rings (SSSR count). The zero-order chi connectivity index (χ0) is 14.8. The number of nitrogens with zero attached hydrogens (tertiary/aromatic N) is 2. The first-order valence-electron chi connectivity index (χ1n) is 6.17. The number of hydrogen-bond acceptors (Lipinski definition) is 5. The van der Waals surface area contributed by atoms with E-state index in [0.717, 1.165) is 10.6 Å². The van der Waals surface area contributed by atoms with Crippen molar-refractivity contribution in [2.45, 2.75) is 26.0 Å². The summed E-state index contributed by atoms with van der Waals surface area (Å²) in [7, 11) is 0. The van der Waals surface area contributed by atoms with Gasteiger partial charge in [-0.15, -0.1) is 11.3 Å². The molecule has 0 spiro atoms. The molecule has 1 fully saturated rings. The molecule has 1 aromatic rings. The number of carboxylic acids is 1. The van der Waals surface area contributed by atoms with Crippen LogP contribution in [-0.4, -0.2) is 52.3 Å². The normalized spacial score (nSPS) is 16.6. The lowest BCUT2D eigenvalue weighted by atomic mass is 9.97. The minimum Gasteiger partial charge on any atom is -0.480 e. The SMILES string of the molecule is Cc1ncsc1CNC(=O)N1CC(C)(OCC(=O)O)C1. The monoisotopic (exact) mass is 299 g/mol. The number of ether oxygens (including phenoxy) is 1. The average Bonchev–Trinajstić information content (AvgIpc) is 2.75. The van der Waals surface area contributed by atoms with E-state index in [1.54, 1.807) is 17.3 Å². The number of urea groups is 1. The molecule has 0 bridgehead atoms. The topological polar surface area (TPSA) is 91.8 Å². The van der Waals surface area contributed by atoms with Crippen LogP contribution in [0.15, 0.2) is 5.51 Å². The number of amides is 2. The number of carbonyl (C=O) groups excluding carboxylic acids is 1. The van der Waals surface area contributed by atoms with Gasteiger partial charge in [-0.1, -0.05) is 0 Å². The smallest absolute Gasteiger partial charge is 0.329 e. The van der Waals surface area contributed by atoms with Crippen LogP contribution >= 0.6 is 11.3 Å². The van der Waals surface area contributed by atoms with Crippen molar-refractivity contribution in [2.24, 2.45) is 0 Å². The van der Waals surface area contributed by atoms with Gasteiger partial charge < -0.3 is 20.1 Å². The number of carbonyl (C=O) groups is 2. The second-order valence-electron chi connectivity index (χ2n) is 5.01. The van der Waals surface area contributed by atoms with Crippen LogP contribution in [0.4, 0.5) is 4.79 Å². The molecule has 2 N–H and O–H groups in total. The molecule has 0 radical (unpaired) electrons. The molecule has 1 aliphatic heterocycles. The number of likely N-dealkylation sites (tertiary alicyclic amines) is 1. The molecule has 8 heteroatoms. The van der Waals surface area contributed by atoms with Crippen molar-refractivity contribution < 1.29 is 19.4 Å². The summed E-state index contributed by atoms with van der Waals surface area (Å²) in [4.78, 5) is 29.1. The van der Waals surface area contributed by atoms with Gasteiger partial charge in [0.2, 0.25) is 0 Å². The minimum atomic E-state index is -1.00. The van der Waals surface area contributed by atoms with Crippen LogP contribution in [0, 0.1) is 6.92 Å². The zero-order valence-corrected chi connectivity index (χ0v) is 12.2. The molecule has 20 heavy (non-hydrogen) atoms. The highest BCUT2D eigenvalue weighted by Gasteiger charge is 2.42. The van der Waals surface area contributed by atoms with E-state index < -0.39 is 11.6 Å². The van der Waals surface area contributed by atoms with Crippen LogP contribution in [0.25, 0.3) is 0 Å². The Bertz CT molecular complexity index is 511. The Labute approximate surface area is 120 Å². The summed E-state index contributed by atoms with van der Waals surface area (Å²) < 4.78 is 5.25. The highest BCUT2D eigenvalue weighted by atomic mass is 32.1. The number of aliphatic carboxylic acids is 1. The van der Waals surface area contributed by atoms with Gasteiger partial charge in [-0.25, -0.2) is 14.6 Å². The summed E-state index contributed by atoms with van der Waals surface area (Å²) in [5, 5.41) is 11.4. The molecule has 1 saturated heterocycles. The maximum absolute atomic E-state index is 11.9. The zero-order valence-electron chi connectivity index (χ0n) is 11.4. The second-order valence-corrected chi connectivity index (χ2v) is 5.95. The van der Waals surface area contributed by atoms with Crippen LogP contribution in [0.3, 0.4) is 0 Å². The second kappa shape index (κ2) is 5.76. The first kappa shape index (κ1) is 14.7. The third-order valence-corrected chi connectivity index (χ3v) is 4.06. The average molecular weight is 299 g/mol. The van der Waals surface area contributed by atoms with Crippen LogP contribution < -0.4 is 5.32 Å². The summed E-state index contributed by atoms with van der Waals surface area (Å²) in [5.74, 6) is -1.00. The van der Waals surface area contributed by atoms with Gasteiger partial charge in [-0.05, 0) is 13.8 Å². The van der Waals surface area contributed by atoms with E-state index in [2.05, 4.69) is 10.3 Å². The molecule has 110 valence electrons. The molecule has 0 atom stereocenters. The Morgan fingerprint density at radius 3 is 2.85 bits per heavy atom. The van der Waals surface area contributed by atoms with Crippen molar-refractivity contribution in [2.75, 3.05) is 19.7 Å². The van der Waals surface area contributed by atoms with Crippen LogP contribution in [0.2, 0.25) is 0 Å². The molecular weight excluding hydrogens is 282 g/mol. The number of aryl methyl sites for hydroxylation is 1. The third kappa shape index (κ3) is 3.45. The largest absolute Gasteiger partial charge is 0.480 e. The number of nitrogens with one attached hydrogen (secondary N) is 1. The predicted molar refractivity (Wildman–Crippen MR) is 72.7 cm³/mol. The summed E-state index contributed by atoms with van der Waals surface area (Å²) in [6.45, 7) is 4.61. The van der Waals surface area contributed by atoms with Gasteiger partial charge >= 0.3 is 12.0 Å². The van der Waals surface area contributed by atoms with E-state index in [1.807, 2.05) is 6.92 Å². The van der Waals surface area contributed by atoms with Crippen molar-refractivity contribution >= 4 is 23.3 Å². The summed E-state index contributed by atoms with van der Waals surface area (Å²) in [5.41, 5.74) is 2.11. The van der Waals surface area contributed by atoms with Gasteiger partial charge in [0.25, 0.3) is 0 Å². The lowest BCUT2D eigenvalue weighted by molar-refractivity contribution is -0.159. The Morgan fingerprint density at radius 2 is 2.30 bits per heavy atom. The molecule has 1 aliphatic rings. The number of rotatable bonds is 5. The Morgan fingerprint density at radius 1 is 1.60 bits per heavy atom. The predicted octanol–water partition coefficient (Wildman–Crippen LogP) is 0.837. The first-order valence-corrected chi connectivity index (χ1v) is 7.05. The number of thiazole rings is 1.